The van der Waals surface area contributed by atoms with Crippen LogP contribution in [0.4, 0.5) is 10.2 Å². The average molecular weight is 502 g/mol. The Morgan fingerprint density at radius 1 is 1.21 bits per heavy atom. The zero-order valence-corrected chi connectivity index (χ0v) is 20.0. The van der Waals surface area contributed by atoms with E-state index >= 15 is 0 Å². The van der Waals surface area contributed by atoms with E-state index in [2.05, 4.69) is 37.3 Å². The number of anilines is 1. The number of rotatable bonds is 6. The largest absolute Gasteiger partial charge is 0.468 e. The lowest BCUT2D eigenvalue weighted by Crippen LogP contribution is -2.67. The molecule has 34 heavy (non-hydrogen) atoms. The van der Waals surface area contributed by atoms with Crippen molar-refractivity contribution in [3.63, 3.8) is 0 Å². The third-order valence-corrected chi connectivity index (χ3v) is 6.68. The third-order valence-electron chi connectivity index (χ3n) is 6.07. The minimum atomic E-state index is -1.09. The van der Waals surface area contributed by atoms with E-state index in [1.165, 1.54) is 18.5 Å². The van der Waals surface area contributed by atoms with E-state index < -0.39 is 12.0 Å². The number of aromatic amines is 1. The van der Waals surface area contributed by atoms with Gasteiger partial charge in [-0.2, -0.15) is 5.10 Å². The number of fused-ring (bicyclic) bond motifs is 1. The molecule has 3 aromatic heterocycles. The highest BCUT2D eigenvalue weighted by molar-refractivity contribution is 6.35. The molecule has 0 amide bonds. The van der Waals surface area contributed by atoms with Gasteiger partial charge in [-0.1, -0.05) is 23.2 Å². The molecule has 0 saturated carbocycles. The first-order chi connectivity index (χ1) is 16.3. The van der Waals surface area contributed by atoms with Crippen LogP contribution in [0.2, 0.25) is 10.0 Å². The first-order valence-corrected chi connectivity index (χ1v) is 11.3. The smallest absolute Gasteiger partial charge is 0.177 e. The summed E-state index contributed by atoms with van der Waals surface area (Å²) in [5.41, 5.74) is 8.48. The maximum atomic E-state index is 14.8. The fourth-order valence-corrected chi connectivity index (χ4v) is 4.63. The van der Waals surface area contributed by atoms with Crippen LogP contribution in [0.1, 0.15) is 18.7 Å². The zero-order valence-electron chi connectivity index (χ0n) is 18.4. The number of halogens is 3. The van der Waals surface area contributed by atoms with Crippen molar-refractivity contribution in [2.45, 2.75) is 18.7 Å². The Labute approximate surface area is 205 Å². The van der Waals surface area contributed by atoms with Crippen LogP contribution in [0.3, 0.4) is 0 Å². The summed E-state index contributed by atoms with van der Waals surface area (Å²) in [5, 5.41) is 11.7. The second kappa shape index (κ2) is 8.66. The van der Waals surface area contributed by atoms with Gasteiger partial charge in [0.2, 0.25) is 0 Å². The molecule has 0 radical (unpaired) electrons. The number of pyridine rings is 2. The Morgan fingerprint density at radius 3 is 2.59 bits per heavy atom. The van der Waals surface area contributed by atoms with Gasteiger partial charge in [-0.25, -0.2) is 9.37 Å². The van der Waals surface area contributed by atoms with E-state index in [4.69, 9.17) is 33.7 Å². The minimum Gasteiger partial charge on any atom is -0.468 e. The molecule has 0 aliphatic carbocycles. The summed E-state index contributed by atoms with van der Waals surface area (Å²) in [6.07, 6.45) is 3.46. The van der Waals surface area contributed by atoms with Crippen molar-refractivity contribution in [3.05, 3.63) is 64.3 Å². The standard InChI is InChI=1S/C23H22Cl2FN7O/c1-23(28-2)10-33(11-23)19-4-3-12(7-30-19)21-13-5-18(16(26)6-17(13)31-32-21)34-22(27)20-14(24)8-29-9-15(20)25/h3-9,22,28H,10-11,27H2,1-2H3,(H,31,32)/t22-/m0/s1. The van der Waals surface area contributed by atoms with Crippen molar-refractivity contribution in [2.24, 2.45) is 5.73 Å². The monoisotopic (exact) mass is 501 g/mol. The van der Waals surface area contributed by atoms with Gasteiger partial charge in [0.05, 0.1) is 21.1 Å². The molecule has 1 atom stereocenters. The molecule has 4 heterocycles. The quantitative estimate of drug-likeness (QED) is 0.338. The van der Waals surface area contributed by atoms with E-state index in [1.54, 1.807) is 12.3 Å². The van der Waals surface area contributed by atoms with Crippen LogP contribution in [-0.4, -0.2) is 45.8 Å². The molecule has 5 rings (SSSR count). The molecule has 0 bridgehead atoms. The first-order valence-electron chi connectivity index (χ1n) is 10.6. The molecule has 11 heteroatoms. The highest BCUT2D eigenvalue weighted by Crippen LogP contribution is 2.35. The number of hydrogen-bond donors (Lipinski definition) is 3. The molecule has 0 unspecified atom stereocenters. The Balaban J connectivity index is 1.42. The number of ether oxygens (including phenoxy) is 1. The molecule has 8 nitrogen and oxygen atoms in total. The van der Waals surface area contributed by atoms with Gasteiger partial charge in [-0.15, -0.1) is 0 Å². The SMILES string of the molecule is CNC1(C)CN(c2ccc(-c3n[nH]c4cc(F)c(O[C@H](N)c5c(Cl)cncc5Cl)cc34)cn2)C1. The molecule has 1 aliphatic rings. The van der Waals surface area contributed by atoms with Gasteiger partial charge in [-0.3, -0.25) is 15.8 Å². The van der Waals surface area contributed by atoms with E-state index in [1.807, 2.05) is 19.2 Å². The Bertz CT molecular complexity index is 1340. The summed E-state index contributed by atoms with van der Waals surface area (Å²) in [5.74, 6) is 0.241. The molecule has 1 aromatic carbocycles. The van der Waals surface area contributed by atoms with Gasteiger partial charge in [0.25, 0.3) is 0 Å². The fourth-order valence-electron chi connectivity index (χ4n) is 4.05. The fraction of sp³-hybridized carbons (Fsp3) is 0.261. The van der Waals surface area contributed by atoms with Crippen LogP contribution in [0.5, 0.6) is 5.75 Å². The average Bonchev–Trinajstić information content (AvgIpc) is 3.19. The van der Waals surface area contributed by atoms with Gasteiger partial charge in [-0.05, 0) is 32.2 Å². The second-order valence-electron chi connectivity index (χ2n) is 8.53. The van der Waals surface area contributed by atoms with Crippen molar-refractivity contribution < 1.29 is 9.13 Å². The number of aromatic nitrogens is 4. The number of benzene rings is 1. The molecule has 1 aliphatic heterocycles. The highest BCUT2D eigenvalue weighted by atomic mass is 35.5. The van der Waals surface area contributed by atoms with Crippen LogP contribution >= 0.6 is 23.2 Å². The molecule has 176 valence electrons. The molecule has 1 fully saturated rings. The van der Waals surface area contributed by atoms with E-state index in [9.17, 15) is 4.39 Å². The maximum Gasteiger partial charge on any atom is 0.177 e. The Hall–Kier alpha value is -2.98. The van der Waals surface area contributed by atoms with Gasteiger partial charge >= 0.3 is 0 Å². The lowest BCUT2D eigenvalue weighted by Gasteiger charge is -2.48. The minimum absolute atomic E-state index is 0.0527. The summed E-state index contributed by atoms with van der Waals surface area (Å²) in [6.45, 7) is 3.94. The lowest BCUT2D eigenvalue weighted by molar-refractivity contribution is 0.205. The summed E-state index contributed by atoms with van der Waals surface area (Å²) in [4.78, 5) is 10.7. The van der Waals surface area contributed by atoms with Crippen molar-refractivity contribution in [1.29, 1.82) is 0 Å². The van der Waals surface area contributed by atoms with E-state index in [0.29, 0.717) is 22.2 Å². The molecule has 4 aromatic rings. The number of nitrogens with two attached hydrogens (primary N) is 1. The maximum absolute atomic E-state index is 14.8. The van der Waals surface area contributed by atoms with Gasteiger partial charge in [0.15, 0.2) is 17.8 Å². The Morgan fingerprint density at radius 2 is 1.94 bits per heavy atom. The lowest BCUT2D eigenvalue weighted by atomic mass is 9.92. The van der Waals surface area contributed by atoms with Crippen LogP contribution in [0.25, 0.3) is 22.2 Å². The predicted octanol–water partition coefficient (Wildman–Crippen LogP) is 4.30. The Kier molecular flexibility index (Phi) is 5.81. The van der Waals surface area contributed by atoms with E-state index in [-0.39, 0.29) is 21.3 Å². The number of H-pyrrole nitrogens is 1. The second-order valence-corrected chi connectivity index (χ2v) is 9.34. The zero-order chi connectivity index (χ0) is 24.0. The number of nitrogens with one attached hydrogen (secondary N) is 2. The molecular weight excluding hydrogens is 480 g/mol. The topological polar surface area (TPSA) is 105 Å². The normalized spacial score (nSPS) is 15.9. The van der Waals surface area contributed by atoms with Crippen molar-refractivity contribution >= 4 is 39.9 Å². The number of nitrogens with zero attached hydrogens (tertiary/aromatic N) is 4. The van der Waals surface area contributed by atoms with Gasteiger partial charge < -0.3 is 15.0 Å². The third kappa shape index (κ3) is 4.05. The highest BCUT2D eigenvalue weighted by Gasteiger charge is 2.37. The van der Waals surface area contributed by atoms with Gasteiger partial charge in [0, 0.05) is 54.3 Å². The van der Waals surface area contributed by atoms with Crippen molar-refractivity contribution in [1.82, 2.24) is 25.5 Å². The summed E-state index contributed by atoms with van der Waals surface area (Å²) in [6, 6.07) is 6.76. The van der Waals surface area contributed by atoms with Crippen molar-refractivity contribution in [3.8, 4) is 17.0 Å². The summed E-state index contributed by atoms with van der Waals surface area (Å²) >= 11 is 12.3. The summed E-state index contributed by atoms with van der Waals surface area (Å²) < 4.78 is 20.5. The molecular formula is C23H22Cl2FN7O. The van der Waals surface area contributed by atoms with Crippen molar-refractivity contribution in [2.75, 3.05) is 25.0 Å². The number of likely N-dealkylation sites (N-methyl/N-ethyl adjacent to an activating group) is 1. The predicted molar refractivity (Wildman–Crippen MR) is 131 cm³/mol. The molecule has 0 spiro atoms. The molecule has 1 saturated heterocycles. The number of hydrogen-bond acceptors (Lipinski definition) is 7. The van der Waals surface area contributed by atoms with Gasteiger partial charge in [0.1, 0.15) is 11.5 Å². The van der Waals surface area contributed by atoms with E-state index in [0.717, 1.165) is 24.5 Å². The van der Waals surface area contributed by atoms with Crippen LogP contribution in [0, 0.1) is 5.82 Å². The molecule has 4 N–H and O–H groups in total. The first kappa shape index (κ1) is 22.8. The van der Waals surface area contributed by atoms with Crippen LogP contribution in [0.15, 0.2) is 42.9 Å². The van der Waals surface area contributed by atoms with Crippen LogP contribution in [-0.2, 0) is 0 Å². The summed E-state index contributed by atoms with van der Waals surface area (Å²) in [7, 11) is 1.96. The van der Waals surface area contributed by atoms with Crippen LogP contribution < -0.4 is 20.7 Å².